The van der Waals surface area contributed by atoms with Gasteiger partial charge in [-0.2, -0.15) is 10.2 Å². The first-order valence-electron chi connectivity index (χ1n) is 6.99. The van der Waals surface area contributed by atoms with Crippen LogP contribution in [0.3, 0.4) is 0 Å². The summed E-state index contributed by atoms with van der Waals surface area (Å²) >= 11 is 0. The SMILES string of the molecule is CN1CCNCC1c1noc(-c2cccc(CC#N)c2)n1. The molecule has 2 heterocycles. The molecular weight excluding hydrogens is 266 g/mol. The van der Waals surface area contributed by atoms with Crippen molar-refractivity contribution in [1.82, 2.24) is 20.4 Å². The maximum absolute atomic E-state index is 8.77. The van der Waals surface area contributed by atoms with E-state index in [9.17, 15) is 0 Å². The van der Waals surface area contributed by atoms with E-state index in [4.69, 9.17) is 9.78 Å². The molecule has 1 unspecified atom stereocenters. The smallest absolute Gasteiger partial charge is 0.257 e. The Hall–Kier alpha value is -2.23. The summed E-state index contributed by atoms with van der Waals surface area (Å²) in [6.45, 7) is 2.77. The van der Waals surface area contributed by atoms with Crippen molar-refractivity contribution in [1.29, 1.82) is 5.26 Å². The monoisotopic (exact) mass is 283 g/mol. The van der Waals surface area contributed by atoms with E-state index in [1.807, 2.05) is 24.3 Å². The molecule has 6 nitrogen and oxygen atoms in total. The lowest BCUT2D eigenvalue weighted by molar-refractivity contribution is 0.190. The van der Waals surface area contributed by atoms with Gasteiger partial charge in [-0.3, -0.25) is 4.90 Å². The molecule has 0 bridgehead atoms. The Morgan fingerprint density at radius 2 is 2.43 bits per heavy atom. The van der Waals surface area contributed by atoms with Crippen molar-refractivity contribution in [3.63, 3.8) is 0 Å². The summed E-state index contributed by atoms with van der Waals surface area (Å²) in [4.78, 5) is 6.73. The van der Waals surface area contributed by atoms with Gasteiger partial charge in [-0.25, -0.2) is 0 Å². The van der Waals surface area contributed by atoms with Crippen LogP contribution in [0.25, 0.3) is 11.5 Å². The van der Waals surface area contributed by atoms with E-state index < -0.39 is 0 Å². The van der Waals surface area contributed by atoms with Gasteiger partial charge in [0.05, 0.1) is 18.5 Å². The van der Waals surface area contributed by atoms with Crippen LogP contribution in [-0.4, -0.2) is 41.7 Å². The van der Waals surface area contributed by atoms with Crippen LogP contribution in [0.15, 0.2) is 28.8 Å². The van der Waals surface area contributed by atoms with Gasteiger partial charge < -0.3 is 9.84 Å². The highest BCUT2D eigenvalue weighted by molar-refractivity contribution is 5.54. The molecular formula is C15H17N5O. The van der Waals surface area contributed by atoms with Crippen LogP contribution in [0, 0.1) is 11.3 Å². The normalized spacial score (nSPS) is 19.3. The fourth-order valence-electron chi connectivity index (χ4n) is 2.49. The van der Waals surface area contributed by atoms with Crippen molar-refractivity contribution in [3.05, 3.63) is 35.7 Å². The molecule has 1 N–H and O–H groups in total. The van der Waals surface area contributed by atoms with Crippen LogP contribution in [0.2, 0.25) is 0 Å². The largest absolute Gasteiger partial charge is 0.334 e. The summed E-state index contributed by atoms with van der Waals surface area (Å²) in [5, 5.41) is 16.2. The molecule has 108 valence electrons. The summed E-state index contributed by atoms with van der Waals surface area (Å²) in [5.74, 6) is 1.20. The average molecular weight is 283 g/mol. The minimum Gasteiger partial charge on any atom is -0.334 e. The van der Waals surface area contributed by atoms with E-state index in [0.29, 0.717) is 18.1 Å². The topological polar surface area (TPSA) is 78.0 Å². The molecule has 3 rings (SSSR count). The van der Waals surface area contributed by atoms with Gasteiger partial charge in [-0.15, -0.1) is 0 Å². The summed E-state index contributed by atoms with van der Waals surface area (Å²) in [6, 6.07) is 9.94. The van der Waals surface area contributed by atoms with E-state index in [-0.39, 0.29) is 6.04 Å². The molecule has 0 spiro atoms. The van der Waals surface area contributed by atoms with Gasteiger partial charge in [0.15, 0.2) is 5.82 Å². The zero-order chi connectivity index (χ0) is 14.7. The molecule has 1 saturated heterocycles. The van der Waals surface area contributed by atoms with Crippen molar-refractivity contribution in [2.45, 2.75) is 12.5 Å². The van der Waals surface area contributed by atoms with E-state index >= 15 is 0 Å². The molecule has 1 atom stereocenters. The number of benzene rings is 1. The second kappa shape index (κ2) is 6.04. The Kier molecular flexibility index (Phi) is 3.95. The Morgan fingerprint density at radius 3 is 3.24 bits per heavy atom. The maximum Gasteiger partial charge on any atom is 0.257 e. The van der Waals surface area contributed by atoms with Gasteiger partial charge in [0.25, 0.3) is 5.89 Å². The number of nitrogens with one attached hydrogen (secondary N) is 1. The quantitative estimate of drug-likeness (QED) is 0.917. The zero-order valence-corrected chi connectivity index (χ0v) is 11.9. The second-order valence-corrected chi connectivity index (χ2v) is 5.19. The van der Waals surface area contributed by atoms with Crippen LogP contribution >= 0.6 is 0 Å². The lowest BCUT2D eigenvalue weighted by Crippen LogP contribution is -2.44. The molecule has 0 amide bonds. The summed E-state index contributed by atoms with van der Waals surface area (Å²) in [5.41, 5.74) is 1.80. The van der Waals surface area contributed by atoms with E-state index in [1.54, 1.807) is 0 Å². The number of piperazine rings is 1. The molecule has 1 aromatic carbocycles. The molecule has 21 heavy (non-hydrogen) atoms. The lowest BCUT2D eigenvalue weighted by atomic mass is 10.1. The predicted octanol–water partition coefficient (Wildman–Crippen LogP) is 1.38. The van der Waals surface area contributed by atoms with Crippen molar-refractivity contribution < 1.29 is 4.52 Å². The van der Waals surface area contributed by atoms with Crippen LogP contribution in [0.5, 0.6) is 0 Å². The molecule has 0 saturated carbocycles. The molecule has 6 heteroatoms. The van der Waals surface area contributed by atoms with Gasteiger partial charge in [0.1, 0.15) is 0 Å². The molecule has 0 aliphatic carbocycles. The zero-order valence-electron chi connectivity index (χ0n) is 11.9. The third kappa shape index (κ3) is 2.94. The minimum atomic E-state index is 0.138. The van der Waals surface area contributed by atoms with E-state index in [0.717, 1.165) is 30.8 Å². The van der Waals surface area contributed by atoms with Gasteiger partial charge in [0, 0.05) is 25.2 Å². The number of hydrogen-bond acceptors (Lipinski definition) is 6. The van der Waals surface area contributed by atoms with Crippen LogP contribution in [0.1, 0.15) is 17.4 Å². The molecule has 1 aromatic heterocycles. The van der Waals surface area contributed by atoms with Gasteiger partial charge >= 0.3 is 0 Å². The fourth-order valence-corrected chi connectivity index (χ4v) is 2.49. The first kappa shape index (κ1) is 13.7. The van der Waals surface area contributed by atoms with Crippen molar-refractivity contribution in [2.24, 2.45) is 0 Å². The van der Waals surface area contributed by atoms with Crippen LogP contribution < -0.4 is 5.32 Å². The number of aromatic nitrogens is 2. The first-order valence-corrected chi connectivity index (χ1v) is 6.99. The highest BCUT2D eigenvalue weighted by atomic mass is 16.5. The molecule has 1 aliphatic rings. The standard InChI is InChI=1S/C15H17N5O/c1-20-8-7-17-10-13(20)14-18-15(21-19-14)12-4-2-3-11(9-12)5-6-16/h2-4,9,13,17H,5,7-8,10H2,1H3. The molecule has 1 aliphatic heterocycles. The third-order valence-corrected chi connectivity index (χ3v) is 3.71. The molecule has 2 aromatic rings. The lowest BCUT2D eigenvalue weighted by Gasteiger charge is -2.30. The van der Waals surface area contributed by atoms with Crippen molar-refractivity contribution in [3.8, 4) is 17.5 Å². The average Bonchev–Trinajstić information content (AvgIpc) is 2.98. The summed E-state index contributed by atoms with van der Waals surface area (Å²) in [6.07, 6.45) is 0.379. The number of nitriles is 1. The second-order valence-electron chi connectivity index (χ2n) is 5.19. The first-order chi connectivity index (χ1) is 10.3. The van der Waals surface area contributed by atoms with Gasteiger partial charge in [-0.1, -0.05) is 17.3 Å². The predicted molar refractivity (Wildman–Crippen MR) is 77.3 cm³/mol. The minimum absolute atomic E-state index is 0.138. The molecule has 0 radical (unpaired) electrons. The number of rotatable bonds is 3. The number of hydrogen-bond donors (Lipinski definition) is 1. The Morgan fingerprint density at radius 1 is 1.52 bits per heavy atom. The highest BCUT2D eigenvalue weighted by Crippen LogP contribution is 2.23. The van der Waals surface area contributed by atoms with E-state index in [1.165, 1.54) is 0 Å². The van der Waals surface area contributed by atoms with Gasteiger partial charge in [0.2, 0.25) is 0 Å². The van der Waals surface area contributed by atoms with Crippen molar-refractivity contribution >= 4 is 0 Å². The Labute approximate surface area is 123 Å². The third-order valence-electron chi connectivity index (χ3n) is 3.71. The van der Waals surface area contributed by atoms with Crippen LogP contribution in [0.4, 0.5) is 0 Å². The summed E-state index contributed by atoms with van der Waals surface area (Å²) in [7, 11) is 2.06. The number of nitrogens with zero attached hydrogens (tertiary/aromatic N) is 4. The molecule has 1 fully saturated rings. The van der Waals surface area contributed by atoms with Crippen LogP contribution in [-0.2, 0) is 6.42 Å². The van der Waals surface area contributed by atoms with Gasteiger partial charge in [-0.05, 0) is 24.7 Å². The summed E-state index contributed by atoms with van der Waals surface area (Å²) < 4.78 is 5.39. The van der Waals surface area contributed by atoms with E-state index in [2.05, 4.69) is 33.5 Å². The highest BCUT2D eigenvalue weighted by Gasteiger charge is 2.25. The number of likely N-dealkylation sites (N-methyl/N-ethyl adjacent to an activating group) is 1. The fraction of sp³-hybridized carbons (Fsp3) is 0.400. The van der Waals surface area contributed by atoms with Crippen molar-refractivity contribution in [2.75, 3.05) is 26.7 Å². The maximum atomic E-state index is 8.77. The Balaban J connectivity index is 1.84. The Bertz CT molecular complexity index is 660.